The van der Waals surface area contributed by atoms with E-state index in [1.165, 1.54) is 6.07 Å². The fourth-order valence-corrected chi connectivity index (χ4v) is 3.65. The van der Waals surface area contributed by atoms with Gasteiger partial charge < -0.3 is 14.2 Å². The molecule has 1 heterocycles. The monoisotopic (exact) mass is 367 g/mol. The molecule has 0 N–H and O–H groups in total. The Morgan fingerprint density at radius 1 is 1.22 bits per heavy atom. The van der Waals surface area contributed by atoms with Crippen molar-refractivity contribution in [3.63, 3.8) is 0 Å². The second-order valence-corrected chi connectivity index (χ2v) is 7.32. The number of amides is 1. The van der Waals surface area contributed by atoms with E-state index >= 15 is 0 Å². The Hall–Kier alpha value is -2.89. The van der Waals surface area contributed by atoms with Crippen LogP contribution in [0.5, 0.6) is 5.75 Å². The number of aryl methyl sites for hydroxylation is 2. The third-order valence-electron chi connectivity index (χ3n) is 5.19. The lowest BCUT2D eigenvalue weighted by Crippen LogP contribution is -2.22. The summed E-state index contributed by atoms with van der Waals surface area (Å²) in [7, 11) is 5.37. The molecule has 1 aliphatic carbocycles. The van der Waals surface area contributed by atoms with Crippen LogP contribution in [0.4, 0.5) is 4.39 Å². The Bertz CT molecular complexity index is 1060. The summed E-state index contributed by atoms with van der Waals surface area (Å²) in [6.45, 7) is 1.92. The second kappa shape index (κ2) is 6.37. The normalized spacial score (nSPS) is 15.8. The average molecular weight is 367 g/mol. The number of imidazole rings is 1. The highest BCUT2D eigenvalue weighted by Gasteiger charge is 2.25. The van der Waals surface area contributed by atoms with Crippen molar-refractivity contribution in [2.45, 2.75) is 25.9 Å². The molecule has 0 fully saturated rings. The Morgan fingerprint density at radius 2 is 1.96 bits per heavy atom. The predicted molar refractivity (Wildman–Crippen MR) is 102 cm³/mol. The van der Waals surface area contributed by atoms with Gasteiger partial charge in [0.15, 0.2) is 0 Å². The zero-order valence-electron chi connectivity index (χ0n) is 15.9. The number of halogens is 1. The van der Waals surface area contributed by atoms with Gasteiger partial charge in [-0.05, 0) is 42.3 Å². The van der Waals surface area contributed by atoms with Crippen molar-refractivity contribution in [1.82, 2.24) is 14.5 Å². The summed E-state index contributed by atoms with van der Waals surface area (Å²) in [5.41, 5.74) is 4.25. The first kappa shape index (κ1) is 17.5. The number of rotatable bonds is 3. The maximum absolute atomic E-state index is 13.5. The number of carbonyl (C=O) groups excluding carboxylic acids is 1. The minimum Gasteiger partial charge on any atom is -0.487 e. The number of benzene rings is 2. The van der Waals surface area contributed by atoms with Crippen molar-refractivity contribution in [3.8, 4) is 5.75 Å². The molecule has 1 amide bonds. The number of ether oxygens (including phenoxy) is 1. The van der Waals surface area contributed by atoms with Gasteiger partial charge in [0.05, 0.1) is 5.52 Å². The van der Waals surface area contributed by atoms with Crippen LogP contribution in [-0.4, -0.2) is 40.6 Å². The van der Waals surface area contributed by atoms with Crippen LogP contribution in [0.1, 0.15) is 27.3 Å². The van der Waals surface area contributed by atoms with Crippen molar-refractivity contribution in [1.29, 1.82) is 0 Å². The van der Waals surface area contributed by atoms with E-state index in [2.05, 4.69) is 4.98 Å². The lowest BCUT2D eigenvalue weighted by atomic mass is 10.1. The molecule has 3 aromatic rings. The van der Waals surface area contributed by atoms with Crippen LogP contribution in [0, 0.1) is 12.7 Å². The summed E-state index contributed by atoms with van der Waals surface area (Å²) in [6, 6.07) is 8.49. The summed E-state index contributed by atoms with van der Waals surface area (Å²) < 4.78 is 21.7. The average Bonchev–Trinajstić information content (AvgIpc) is 3.15. The second-order valence-electron chi connectivity index (χ2n) is 7.32. The zero-order chi connectivity index (χ0) is 19.3. The number of fused-ring (bicyclic) bond motifs is 2. The van der Waals surface area contributed by atoms with Crippen LogP contribution in [0.15, 0.2) is 30.3 Å². The first-order valence-electron chi connectivity index (χ1n) is 8.96. The van der Waals surface area contributed by atoms with Crippen molar-refractivity contribution in [2.24, 2.45) is 7.05 Å². The van der Waals surface area contributed by atoms with E-state index in [1.54, 1.807) is 31.1 Å². The highest BCUT2D eigenvalue weighted by Crippen LogP contribution is 2.32. The van der Waals surface area contributed by atoms with Crippen molar-refractivity contribution < 1.29 is 13.9 Å². The topological polar surface area (TPSA) is 47.4 Å². The first-order valence-corrected chi connectivity index (χ1v) is 8.96. The van der Waals surface area contributed by atoms with Crippen LogP contribution < -0.4 is 4.74 Å². The standard InChI is InChI=1S/C21H22FN3O2/c1-12-23-20-18(25(12)4)10-15(21(26)24(2)3)11-19(20)27-17-8-13-5-6-16(22)7-14(13)9-17/h5-7,10-11,17H,8-9H2,1-4H3. The molecule has 27 heavy (non-hydrogen) atoms. The first-order chi connectivity index (χ1) is 12.8. The number of carbonyl (C=O) groups is 1. The van der Waals surface area contributed by atoms with Gasteiger partial charge >= 0.3 is 0 Å². The SMILES string of the molecule is Cc1nc2c(OC3Cc4ccc(F)cc4C3)cc(C(=O)N(C)C)cc2n1C. The minimum atomic E-state index is -0.226. The third-order valence-corrected chi connectivity index (χ3v) is 5.19. The van der Waals surface area contributed by atoms with Crippen molar-refractivity contribution in [3.05, 3.63) is 58.7 Å². The van der Waals surface area contributed by atoms with Crippen LogP contribution in [0.3, 0.4) is 0 Å². The smallest absolute Gasteiger partial charge is 0.253 e. The van der Waals surface area contributed by atoms with Gasteiger partial charge in [-0.25, -0.2) is 9.37 Å². The fourth-order valence-electron chi connectivity index (χ4n) is 3.65. The van der Waals surface area contributed by atoms with Gasteiger partial charge in [-0.15, -0.1) is 0 Å². The molecular weight excluding hydrogens is 345 g/mol. The van der Waals surface area contributed by atoms with Gasteiger partial charge in [-0.2, -0.15) is 0 Å². The molecule has 0 radical (unpaired) electrons. The Labute approximate surface area is 157 Å². The molecule has 0 spiro atoms. The van der Waals surface area contributed by atoms with Crippen molar-refractivity contribution in [2.75, 3.05) is 14.1 Å². The number of hydrogen-bond acceptors (Lipinski definition) is 3. The third kappa shape index (κ3) is 3.05. The minimum absolute atomic E-state index is 0.0858. The molecule has 1 aliphatic rings. The maximum atomic E-state index is 13.5. The van der Waals surface area contributed by atoms with E-state index in [0.29, 0.717) is 17.7 Å². The van der Waals surface area contributed by atoms with Crippen LogP contribution in [0.2, 0.25) is 0 Å². The molecule has 6 heteroatoms. The zero-order valence-corrected chi connectivity index (χ0v) is 15.9. The molecule has 0 bridgehead atoms. The van der Waals surface area contributed by atoms with Crippen LogP contribution in [-0.2, 0) is 19.9 Å². The van der Waals surface area contributed by atoms with Crippen LogP contribution in [0.25, 0.3) is 11.0 Å². The van der Waals surface area contributed by atoms with Gasteiger partial charge in [0.25, 0.3) is 5.91 Å². The van der Waals surface area contributed by atoms with Crippen molar-refractivity contribution >= 4 is 16.9 Å². The van der Waals surface area contributed by atoms with Gasteiger partial charge in [-0.1, -0.05) is 6.07 Å². The Kier molecular flexibility index (Phi) is 4.13. The van der Waals surface area contributed by atoms with Gasteiger partial charge in [0.2, 0.25) is 0 Å². The van der Waals surface area contributed by atoms with Gasteiger partial charge in [0.1, 0.15) is 29.0 Å². The van der Waals surface area contributed by atoms with E-state index in [0.717, 1.165) is 34.4 Å². The lowest BCUT2D eigenvalue weighted by Gasteiger charge is -2.16. The van der Waals surface area contributed by atoms with Gasteiger partial charge in [0, 0.05) is 39.5 Å². The molecule has 5 nitrogen and oxygen atoms in total. The molecule has 2 aromatic carbocycles. The Morgan fingerprint density at radius 3 is 2.70 bits per heavy atom. The summed E-state index contributed by atoms with van der Waals surface area (Å²) in [5.74, 6) is 1.13. The number of aromatic nitrogens is 2. The largest absolute Gasteiger partial charge is 0.487 e. The molecule has 0 aliphatic heterocycles. The van der Waals surface area contributed by atoms with Crippen LogP contribution >= 0.6 is 0 Å². The number of hydrogen-bond donors (Lipinski definition) is 0. The molecule has 140 valence electrons. The summed E-state index contributed by atoms with van der Waals surface area (Å²) in [5, 5.41) is 0. The van der Waals surface area contributed by atoms with E-state index in [-0.39, 0.29) is 17.8 Å². The van der Waals surface area contributed by atoms with Gasteiger partial charge in [-0.3, -0.25) is 4.79 Å². The predicted octanol–water partition coefficient (Wildman–Crippen LogP) is 3.27. The Balaban J connectivity index is 1.72. The molecule has 0 saturated carbocycles. The summed E-state index contributed by atoms with van der Waals surface area (Å²) >= 11 is 0. The lowest BCUT2D eigenvalue weighted by molar-refractivity contribution is 0.0827. The summed E-state index contributed by atoms with van der Waals surface area (Å²) in [4.78, 5) is 18.7. The number of nitrogens with zero attached hydrogens (tertiary/aromatic N) is 3. The molecule has 4 rings (SSSR count). The highest BCUT2D eigenvalue weighted by atomic mass is 19.1. The van der Waals surface area contributed by atoms with E-state index in [1.807, 2.05) is 30.7 Å². The molecule has 1 unspecified atom stereocenters. The quantitative estimate of drug-likeness (QED) is 0.714. The molecular formula is C21H22FN3O2. The van der Waals surface area contributed by atoms with E-state index < -0.39 is 0 Å². The maximum Gasteiger partial charge on any atom is 0.253 e. The summed E-state index contributed by atoms with van der Waals surface area (Å²) in [6.07, 6.45) is 1.26. The highest BCUT2D eigenvalue weighted by molar-refractivity contribution is 5.99. The molecule has 1 aromatic heterocycles. The molecule has 1 atom stereocenters. The molecule has 0 saturated heterocycles. The fraction of sp³-hybridized carbons (Fsp3) is 0.333. The van der Waals surface area contributed by atoms with E-state index in [4.69, 9.17) is 4.74 Å². The van der Waals surface area contributed by atoms with E-state index in [9.17, 15) is 9.18 Å².